The van der Waals surface area contributed by atoms with Crippen molar-refractivity contribution in [1.29, 1.82) is 0 Å². The second kappa shape index (κ2) is 8.55. The first-order valence-corrected chi connectivity index (χ1v) is 9.00. The summed E-state index contributed by atoms with van der Waals surface area (Å²) >= 11 is 0. The summed E-state index contributed by atoms with van der Waals surface area (Å²) in [5.41, 5.74) is 4.22. The Morgan fingerprint density at radius 1 is 1.10 bits per heavy atom. The number of nitrogens with zero attached hydrogens (tertiary/aromatic N) is 3. The van der Waals surface area contributed by atoms with Crippen LogP contribution in [0.3, 0.4) is 0 Å². The lowest BCUT2D eigenvalue weighted by molar-refractivity contribution is -0.142. The molecule has 0 fully saturated rings. The van der Waals surface area contributed by atoms with Crippen LogP contribution < -0.4 is 10.1 Å². The molecule has 3 aromatic rings. The molecular formula is C21H22N4O4. The summed E-state index contributed by atoms with van der Waals surface area (Å²) in [5, 5.41) is 11.0. The van der Waals surface area contributed by atoms with E-state index in [1.54, 1.807) is 29.8 Å². The molecule has 0 aliphatic rings. The van der Waals surface area contributed by atoms with Gasteiger partial charge in [0.2, 0.25) is 0 Å². The normalized spacial score (nSPS) is 10.5. The predicted octanol–water partition coefficient (Wildman–Crippen LogP) is 3.00. The Balaban J connectivity index is 1.75. The first-order chi connectivity index (χ1) is 13.9. The standard InChI is InChI=1S/C21H22N4O4/c1-13-6-5-7-16(10-13)25-15(3)20(23-24-25)21(27)22-18-9-8-17(11-14(18)2)29-12-19(26)28-4/h5-11H,12H2,1-4H3,(H,22,27). The topological polar surface area (TPSA) is 95.3 Å². The van der Waals surface area contributed by atoms with Crippen molar-refractivity contribution in [3.8, 4) is 11.4 Å². The van der Waals surface area contributed by atoms with E-state index in [2.05, 4.69) is 20.4 Å². The third-order valence-corrected chi connectivity index (χ3v) is 4.39. The van der Waals surface area contributed by atoms with Gasteiger partial charge in [0.1, 0.15) is 5.75 Å². The van der Waals surface area contributed by atoms with Crippen molar-refractivity contribution in [2.45, 2.75) is 20.8 Å². The average Bonchev–Trinajstić information content (AvgIpc) is 3.09. The molecule has 0 saturated carbocycles. The van der Waals surface area contributed by atoms with E-state index in [9.17, 15) is 9.59 Å². The maximum absolute atomic E-state index is 12.7. The molecule has 0 saturated heterocycles. The predicted molar refractivity (Wildman–Crippen MR) is 107 cm³/mol. The van der Waals surface area contributed by atoms with Gasteiger partial charge in [0.05, 0.1) is 18.5 Å². The van der Waals surface area contributed by atoms with Crippen LogP contribution in [-0.2, 0) is 9.53 Å². The number of rotatable bonds is 6. The maximum atomic E-state index is 12.7. The molecule has 0 radical (unpaired) electrons. The summed E-state index contributed by atoms with van der Waals surface area (Å²) in [5.74, 6) is -0.313. The fourth-order valence-corrected chi connectivity index (χ4v) is 2.79. The molecule has 0 aliphatic heterocycles. The SMILES string of the molecule is COC(=O)COc1ccc(NC(=O)c2nnn(-c3cccc(C)c3)c2C)c(C)c1. The molecule has 0 unspecified atom stereocenters. The van der Waals surface area contributed by atoms with E-state index in [1.165, 1.54) is 7.11 Å². The van der Waals surface area contributed by atoms with Crippen molar-refractivity contribution >= 4 is 17.6 Å². The van der Waals surface area contributed by atoms with Crippen LogP contribution in [0, 0.1) is 20.8 Å². The van der Waals surface area contributed by atoms with Crippen molar-refractivity contribution in [3.05, 3.63) is 65.0 Å². The van der Waals surface area contributed by atoms with E-state index < -0.39 is 5.97 Å². The van der Waals surface area contributed by atoms with E-state index in [-0.39, 0.29) is 18.2 Å². The Morgan fingerprint density at radius 3 is 2.59 bits per heavy atom. The highest BCUT2D eigenvalue weighted by molar-refractivity contribution is 6.04. The smallest absolute Gasteiger partial charge is 0.343 e. The summed E-state index contributed by atoms with van der Waals surface area (Å²) in [7, 11) is 1.30. The zero-order valence-corrected chi connectivity index (χ0v) is 16.7. The van der Waals surface area contributed by atoms with Crippen molar-refractivity contribution < 1.29 is 19.1 Å². The van der Waals surface area contributed by atoms with Crippen LogP contribution >= 0.6 is 0 Å². The molecule has 2 aromatic carbocycles. The molecule has 0 bridgehead atoms. The quantitative estimate of drug-likeness (QED) is 0.646. The lowest BCUT2D eigenvalue weighted by atomic mass is 10.2. The van der Waals surface area contributed by atoms with Crippen molar-refractivity contribution in [3.63, 3.8) is 0 Å². The molecule has 3 rings (SSSR count). The Hall–Kier alpha value is -3.68. The van der Waals surface area contributed by atoms with Crippen LogP contribution in [0.1, 0.15) is 27.3 Å². The molecule has 0 spiro atoms. The lowest BCUT2D eigenvalue weighted by Crippen LogP contribution is -2.15. The van der Waals surface area contributed by atoms with Gasteiger partial charge in [0.15, 0.2) is 12.3 Å². The number of ether oxygens (including phenoxy) is 2. The van der Waals surface area contributed by atoms with E-state index in [0.717, 1.165) is 16.8 Å². The van der Waals surface area contributed by atoms with Crippen LogP contribution in [0.5, 0.6) is 5.75 Å². The molecule has 150 valence electrons. The van der Waals surface area contributed by atoms with E-state index in [4.69, 9.17) is 4.74 Å². The Morgan fingerprint density at radius 2 is 1.90 bits per heavy atom. The summed E-state index contributed by atoms with van der Waals surface area (Å²) in [6.45, 7) is 5.44. The summed E-state index contributed by atoms with van der Waals surface area (Å²) in [6.07, 6.45) is 0. The van der Waals surface area contributed by atoms with Gasteiger partial charge in [-0.2, -0.15) is 0 Å². The Bertz CT molecular complexity index is 1060. The largest absolute Gasteiger partial charge is 0.482 e. The van der Waals surface area contributed by atoms with Gasteiger partial charge in [0, 0.05) is 5.69 Å². The third kappa shape index (κ3) is 4.60. The fourth-order valence-electron chi connectivity index (χ4n) is 2.79. The number of hydrogen-bond donors (Lipinski definition) is 1. The molecule has 1 heterocycles. The molecule has 8 heteroatoms. The van der Waals surface area contributed by atoms with Gasteiger partial charge >= 0.3 is 5.97 Å². The zero-order valence-electron chi connectivity index (χ0n) is 16.7. The molecule has 29 heavy (non-hydrogen) atoms. The molecule has 1 amide bonds. The fraction of sp³-hybridized carbons (Fsp3) is 0.238. The van der Waals surface area contributed by atoms with Gasteiger partial charge in [0.25, 0.3) is 5.91 Å². The number of carbonyl (C=O) groups is 2. The van der Waals surface area contributed by atoms with Crippen LogP contribution in [-0.4, -0.2) is 40.6 Å². The number of hydrogen-bond acceptors (Lipinski definition) is 6. The van der Waals surface area contributed by atoms with Gasteiger partial charge in [-0.25, -0.2) is 9.48 Å². The first-order valence-electron chi connectivity index (χ1n) is 9.00. The van der Waals surface area contributed by atoms with Crippen LogP contribution in [0.15, 0.2) is 42.5 Å². The number of esters is 1. The molecule has 0 aliphatic carbocycles. The number of methoxy groups -OCH3 is 1. The minimum absolute atomic E-state index is 0.178. The van der Waals surface area contributed by atoms with Gasteiger partial charge < -0.3 is 14.8 Å². The second-order valence-electron chi connectivity index (χ2n) is 6.57. The number of anilines is 1. The maximum Gasteiger partial charge on any atom is 0.343 e. The summed E-state index contributed by atoms with van der Waals surface area (Å²) < 4.78 is 11.5. The molecule has 8 nitrogen and oxygen atoms in total. The molecule has 1 N–H and O–H groups in total. The van der Waals surface area contributed by atoms with Gasteiger partial charge in [-0.15, -0.1) is 5.10 Å². The second-order valence-corrected chi connectivity index (χ2v) is 6.57. The minimum Gasteiger partial charge on any atom is -0.482 e. The molecule has 0 atom stereocenters. The van der Waals surface area contributed by atoms with Crippen LogP contribution in [0.2, 0.25) is 0 Å². The molecule has 1 aromatic heterocycles. The van der Waals surface area contributed by atoms with Crippen LogP contribution in [0.25, 0.3) is 5.69 Å². The van der Waals surface area contributed by atoms with Gasteiger partial charge in [-0.3, -0.25) is 4.79 Å². The van der Waals surface area contributed by atoms with Crippen molar-refractivity contribution in [2.24, 2.45) is 0 Å². The zero-order chi connectivity index (χ0) is 21.0. The number of aromatic nitrogens is 3. The summed E-state index contributed by atoms with van der Waals surface area (Å²) in [4.78, 5) is 23.9. The number of aryl methyl sites for hydroxylation is 2. The highest BCUT2D eigenvalue weighted by Gasteiger charge is 2.18. The minimum atomic E-state index is -0.466. The number of amides is 1. The Kier molecular flexibility index (Phi) is 5.92. The summed E-state index contributed by atoms with van der Waals surface area (Å²) in [6, 6.07) is 12.9. The average molecular weight is 394 g/mol. The highest BCUT2D eigenvalue weighted by atomic mass is 16.6. The van der Waals surface area contributed by atoms with Gasteiger partial charge in [-0.05, 0) is 62.2 Å². The monoisotopic (exact) mass is 394 g/mol. The van der Waals surface area contributed by atoms with E-state index in [1.807, 2.05) is 38.1 Å². The lowest BCUT2D eigenvalue weighted by Gasteiger charge is -2.10. The van der Waals surface area contributed by atoms with E-state index >= 15 is 0 Å². The molecular weight excluding hydrogens is 372 g/mol. The first kappa shape index (κ1) is 20.1. The highest BCUT2D eigenvalue weighted by Crippen LogP contribution is 2.22. The number of benzene rings is 2. The van der Waals surface area contributed by atoms with Gasteiger partial charge in [-0.1, -0.05) is 17.3 Å². The van der Waals surface area contributed by atoms with E-state index in [0.29, 0.717) is 17.1 Å². The Labute approximate surface area is 168 Å². The van der Waals surface area contributed by atoms with Crippen molar-refractivity contribution in [2.75, 3.05) is 19.0 Å². The van der Waals surface area contributed by atoms with Crippen molar-refractivity contribution in [1.82, 2.24) is 15.0 Å². The van der Waals surface area contributed by atoms with Crippen LogP contribution in [0.4, 0.5) is 5.69 Å². The number of carbonyl (C=O) groups excluding carboxylic acids is 2. The number of nitrogens with one attached hydrogen (secondary N) is 1. The third-order valence-electron chi connectivity index (χ3n) is 4.39.